The van der Waals surface area contributed by atoms with Gasteiger partial charge in [0.05, 0.1) is 24.2 Å². The number of nitrogens with zero attached hydrogens (tertiary/aromatic N) is 4. The highest BCUT2D eigenvalue weighted by molar-refractivity contribution is 5.76. The molecule has 3 rings (SSSR count). The molecular weight excluding hydrogens is 294 g/mol. The first-order valence-corrected chi connectivity index (χ1v) is 7.76. The molecule has 0 aromatic carbocycles. The number of rotatable bonds is 5. The van der Waals surface area contributed by atoms with Crippen molar-refractivity contribution in [2.24, 2.45) is 0 Å². The molecule has 1 fully saturated rings. The molecule has 7 heteroatoms. The van der Waals surface area contributed by atoms with Crippen LogP contribution in [0.1, 0.15) is 12.1 Å². The van der Waals surface area contributed by atoms with E-state index in [2.05, 4.69) is 20.2 Å². The zero-order valence-corrected chi connectivity index (χ0v) is 12.9. The zero-order valence-electron chi connectivity index (χ0n) is 12.9. The minimum Gasteiger partial charge on any atom is -0.390 e. The standard InChI is InChI=1S/C16H21N5O2/c22-15-10-20(9-13-3-1-2-5-18-13)7-4-14(15)19-16(23)11-21-8-6-17-12-21/h1-3,5-6,8,12,14-15,22H,4,7,9-11H2,(H,19,23)/t14-,15-/m1/s1. The maximum Gasteiger partial charge on any atom is 0.240 e. The van der Waals surface area contributed by atoms with Crippen LogP contribution >= 0.6 is 0 Å². The Kier molecular flexibility index (Phi) is 4.99. The van der Waals surface area contributed by atoms with Crippen LogP contribution in [-0.4, -0.2) is 55.7 Å². The van der Waals surface area contributed by atoms with Crippen LogP contribution in [0.3, 0.4) is 0 Å². The second-order valence-corrected chi connectivity index (χ2v) is 5.82. The first kappa shape index (κ1) is 15.6. The van der Waals surface area contributed by atoms with Crippen molar-refractivity contribution in [2.75, 3.05) is 13.1 Å². The molecule has 1 aliphatic rings. The minimum atomic E-state index is -0.570. The molecule has 1 saturated heterocycles. The van der Waals surface area contributed by atoms with Gasteiger partial charge >= 0.3 is 0 Å². The van der Waals surface area contributed by atoms with Crippen LogP contribution in [0.25, 0.3) is 0 Å². The summed E-state index contributed by atoms with van der Waals surface area (Å²) < 4.78 is 1.71. The van der Waals surface area contributed by atoms with Crippen molar-refractivity contribution in [2.45, 2.75) is 31.7 Å². The van der Waals surface area contributed by atoms with E-state index in [4.69, 9.17) is 0 Å². The Morgan fingerprint density at radius 1 is 1.39 bits per heavy atom. The fourth-order valence-electron chi connectivity index (χ4n) is 2.83. The van der Waals surface area contributed by atoms with Crippen molar-refractivity contribution in [1.29, 1.82) is 0 Å². The predicted octanol–water partition coefficient (Wildman–Crippen LogP) is 0.0297. The third kappa shape index (κ3) is 4.37. The van der Waals surface area contributed by atoms with Gasteiger partial charge in [0, 0.05) is 38.2 Å². The minimum absolute atomic E-state index is 0.106. The number of imidazole rings is 1. The lowest BCUT2D eigenvalue weighted by atomic mass is 10.0. The van der Waals surface area contributed by atoms with Gasteiger partial charge in [-0.1, -0.05) is 6.07 Å². The van der Waals surface area contributed by atoms with Gasteiger partial charge in [-0.15, -0.1) is 0 Å². The molecule has 2 N–H and O–H groups in total. The van der Waals surface area contributed by atoms with E-state index < -0.39 is 6.10 Å². The summed E-state index contributed by atoms with van der Waals surface area (Å²) in [6.07, 6.45) is 6.91. The first-order valence-electron chi connectivity index (χ1n) is 7.76. The van der Waals surface area contributed by atoms with Crippen molar-refractivity contribution in [3.8, 4) is 0 Å². The van der Waals surface area contributed by atoms with E-state index in [0.717, 1.165) is 18.7 Å². The fourth-order valence-corrected chi connectivity index (χ4v) is 2.83. The van der Waals surface area contributed by atoms with E-state index in [1.165, 1.54) is 0 Å². The average Bonchev–Trinajstić information content (AvgIpc) is 3.04. The average molecular weight is 315 g/mol. The Bertz CT molecular complexity index is 617. The summed E-state index contributed by atoms with van der Waals surface area (Å²) in [4.78, 5) is 22.4. The number of carbonyl (C=O) groups excluding carboxylic acids is 1. The van der Waals surface area contributed by atoms with Crippen LogP contribution < -0.4 is 5.32 Å². The molecular formula is C16H21N5O2. The lowest BCUT2D eigenvalue weighted by Gasteiger charge is -2.36. The third-order valence-electron chi connectivity index (χ3n) is 4.01. The predicted molar refractivity (Wildman–Crippen MR) is 84.3 cm³/mol. The number of aliphatic hydroxyl groups is 1. The number of aliphatic hydroxyl groups excluding tert-OH is 1. The van der Waals surface area contributed by atoms with Crippen LogP contribution in [-0.2, 0) is 17.9 Å². The number of carbonyl (C=O) groups is 1. The highest BCUT2D eigenvalue weighted by Crippen LogP contribution is 2.13. The maximum absolute atomic E-state index is 12.0. The summed E-state index contributed by atoms with van der Waals surface area (Å²) in [7, 11) is 0. The molecule has 3 heterocycles. The van der Waals surface area contributed by atoms with Crippen molar-refractivity contribution < 1.29 is 9.90 Å². The summed E-state index contributed by atoms with van der Waals surface area (Å²) in [5.74, 6) is -0.106. The van der Waals surface area contributed by atoms with E-state index in [1.54, 1.807) is 29.5 Å². The number of hydrogen-bond donors (Lipinski definition) is 2. The molecule has 0 saturated carbocycles. The van der Waals surface area contributed by atoms with Gasteiger partial charge < -0.3 is 15.0 Å². The molecule has 2 aromatic rings. The summed E-state index contributed by atoms with van der Waals surface area (Å²) in [6, 6.07) is 5.62. The number of amides is 1. The molecule has 0 radical (unpaired) electrons. The number of β-amino-alcohol motifs (C(OH)–C–C–N with tert-alkyl or cyclic N) is 1. The molecule has 122 valence electrons. The van der Waals surface area contributed by atoms with E-state index in [9.17, 15) is 9.90 Å². The second kappa shape index (κ2) is 7.34. The summed E-state index contributed by atoms with van der Waals surface area (Å²) in [6.45, 7) is 2.30. The largest absolute Gasteiger partial charge is 0.390 e. The summed E-state index contributed by atoms with van der Waals surface area (Å²) in [5, 5.41) is 13.2. The number of piperidine rings is 1. The first-order chi connectivity index (χ1) is 11.2. The van der Waals surface area contributed by atoms with Gasteiger partial charge in [-0.05, 0) is 18.6 Å². The third-order valence-corrected chi connectivity index (χ3v) is 4.01. The lowest BCUT2D eigenvalue weighted by molar-refractivity contribution is -0.124. The molecule has 0 spiro atoms. The highest BCUT2D eigenvalue weighted by Gasteiger charge is 2.28. The van der Waals surface area contributed by atoms with Crippen LogP contribution in [0.15, 0.2) is 43.1 Å². The van der Waals surface area contributed by atoms with Gasteiger partial charge in [0.2, 0.25) is 5.91 Å². The van der Waals surface area contributed by atoms with E-state index in [-0.39, 0.29) is 18.5 Å². The SMILES string of the molecule is O=C(Cn1ccnc1)N[C@@H]1CCN(Cc2ccccn2)C[C@H]1O. The Morgan fingerprint density at radius 2 is 2.30 bits per heavy atom. The molecule has 0 aliphatic carbocycles. The summed E-state index contributed by atoms with van der Waals surface area (Å²) in [5.41, 5.74) is 0.988. The quantitative estimate of drug-likeness (QED) is 0.813. The summed E-state index contributed by atoms with van der Waals surface area (Å²) >= 11 is 0. The molecule has 2 aromatic heterocycles. The van der Waals surface area contributed by atoms with Gasteiger partial charge in [0.25, 0.3) is 0 Å². The highest BCUT2D eigenvalue weighted by atomic mass is 16.3. The fraction of sp³-hybridized carbons (Fsp3) is 0.438. The van der Waals surface area contributed by atoms with Crippen molar-refractivity contribution in [3.63, 3.8) is 0 Å². The maximum atomic E-state index is 12.0. The normalized spacial score (nSPS) is 22.0. The van der Waals surface area contributed by atoms with Crippen molar-refractivity contribution in [1.82, 2.24) is 24.8 Å². The van der Waals surface area contributed by atoms with Gasteiger partial charge in [0.15, 0.2) is 0 Å². The number of pyridine rings is 1. The molecule has 0 unspecified atom stereocenters. The van der Waals surface area contributed by atoms with Crippen LogP contribution in [0, 0.1) is 0 Å². The smallest absolute Gasteiger partial charge is 0.240 e. The Balaban J connectivity index is 1.47. The Hall–Kier alpha value is -2.25. The molecule has 2 atom stereocenters. The van der Waals surface area contributed by atoms with E-state index in [0.29, 0.717) is 13.1 Å². The van der Waals surface area contributed by atoms with Gasteiger partial charge in [-0.25, -0.2) is 4.98 Å². The number of nitrogens with one attached hydrogen (secondary N) is 1. The van der Waals surface area contributed by atoms with Gasteiger partial charge in [-0.3, -0.25) is 14.7 Å². The van der Waals surface area contributed by atoms with Crippen molar-refractivity contribution >= 4 is 5.91 Å². The van der Waals surface area contributed by atoms with Crippen LogP contribution in [0.2, 0.25) is 0 Å². The Morgan fingerprint density at radius 3 is 3.00 bits per heavy atom. The topological polar surface area (TPSA) is 83.3 Å². The second-order valence-electron chi connectivity index (χ2n) is 5.82. The zero-order chi connectivity index (χ0) is 16.1. The van der Waals surface area contributed by atoms with Gasteiger partial charge in [0.1, 0.15) is 6.54 Å². The van der Waals surface area contributed by atoms with Gasteiger partial charge in [-0.2, -0.15) is 0 Å². The van der Waals surface area contributed by atoms with Crippen molar-refractivity contribution in [3.05, 3.63) is 48.8 Å². The van der Waals surface area contributed by atoms with Crippen LogP contribution in [0.5, 0.6) is 0 Å². The molecule has 0 bridgehead atoms. The number of aromatic nitrogens is 3. The number of likely N-dealkylation sites (tertiary alicyclic amines) is 1. The molecule has 1 amide bonds. The lowest BCUT2D eigenvalue weighted by Crippen LogP contribution is -2.54. The van der Waals surface area contributed by atoms with E-state index >= 15 is 0 Å². The monoisotopic (exact) mass is 315 g/mol. The number of hydrogen-bond acceptors (Lipinski definition) is 5. The molecule has 7 nitrogen and oxygen atoms in total. The van der Waals surface area contributed by atoms with E-state index in [1.807, 2.05) is 18.2 Å². The Labute approximate surface area is 135 Å². The van der Waals surface area contributed by atoms with Crippen LogP contribution in [0.4, 0.5) is 0 Å². The molecule has 1 aliphatic heterocycles. The molecule has 23 heavy (non-hydrogen) atoms.